The van der Waals surface area contributed by atoms with E-state index in [4.69, 9.17) is 10.00 Å². The standard InChI is InChI=1S/C24H24N4O4/c25-15-17-5-1-2-7-20(17)26-22(29)9-4-10-23(30)27-12-11-19-18(16-27)6-3-8-21(19)28-13-14-32-24(28)31/h1-3,5-8H,4,9-14,16H2,(H,26,29). The lowest BCUT2D eigenvalue weighted by Gasteiger charge is -2.31. The smallest absolute Gasteiger partial charge is 0.414 e. The van der Waals surface area contributed by atoms with Crippen molar-refractivity contribution in [2.45, 2.75) is 32.2 Å². The first-order valence-corrected chi connectivity index (χ1v) is 10.7. The second-order valence-corrected chi connectivity index (χ2v) is 7.81. The van der Waals surface area contributed by atoms with Gasteiger partial charge in [-0.05, 0) is 42.2 Å². The van der Waals surface area contributed by atoms with Gasteiger partial charge in [0.05, 0.1) is 23.5 Å². The van der Waals surface area contributed by atoms with Crippen LogP contribution >= 0.6 is 0 Å². The van der Waals surface area contributed by atoms with Crippen molar-refractivity contribution in [2.75, 3.05) is 29.9 Å². The summed E-state index contributed by atoms with van der Waals surface area (Å²) in [6, 6.07) is 14.7. The number of para-hydroxylation sites is 1. The number of amides is 3. The van der Waals surface area contributed by atoms with Crippen molar-refractivity contribution >= 4 is 29.3 Å². The number of carbonyl (C=O) groups is 3. The van der Waals surface area contributed by atoms with Crippen LogP contribution in [0.4, 0.5) is 16.2 Å². The van der Waals surface area contributed by atoms with Crippen molar-refractivity contribution in [3.63, 3.8) is 0 Å². The van der Waals surface area contributed by atoms with Gasteiger partial charge in [0.2, 0.25) is 11.8 Å². The van der Waals surface area contributed by atoms with Crippen LogP contribution in [0.3, 0.4) is 0 Å². The fourth-order valence-electron chi connectivity index (χ4n) is 4.13. The summed E-state index contributed by atoms with van der Waals surface area (Å²) >= 11 is 0. The summed E-state index contributed by atoms with van der Waals surface area (Å²) in [6.45, 7) is 2.00. The first-order chi connectivity index (χ1) is 15.6. The zero-order valence-electron chi connectivity index (χ0n) is 17.7. The molecule has 0 unspecified atom stereocenters. The maximum atomic E-state index is 12.7. The lowest BCUT2D eigenvalue weighted by Crippen LogP contribution is -2.37. The van der Waals surface area contributed by atoms with Crippen LogP contribution in [-0.4, -0.2) is 42.5 Å². The van der Waals surface area contributed by atoms with E-state index in [2.05, 4.69) is 5.32 Å². The third-order valence-electron chi connectivity index (χ3n) is 5.76. The molecule has 0 aliphatic carbocycles. The summed E-state index contributed by atoms with van der Waals surface area (Å²) in [5.74, 6) is -0.210. The Labute approximate surface area is 186 Å². The van der Waals surface area contributed by atoms with E-state index in [-0.39, 0.29) is 30.7 Å². The number of carbonyl (C=O) groups excluding carboxylic acids is 3. The van der Waals surface area contributed by atoms with Crippen molar-refractivity contribution in [1.29, 1.82) is 5.26 Å². The van der Waals surface area contributed by atoms with Gasteiger partial charge in [-0.1, -0.05) is 24.3 Å². The highest BCUT2D eigenvalue weighted by Crippen LogP contribution is 2.31. The SMILES string of the molecule is N#Cc1ccccc1NC(=O)CCCC(=O)N1CCc2c(cccc2N2CCOC2=O)C1. The molecule has 164 valence electrons. The fraction of sp³-hybridized carbons (Fsp3) is 0.333. The van der Waals surface area contributed by atoms with E-state index in [0.717, 1.165) is 16.8 Å². The summed E-state index contributed by atoms with van der Waals surface area (Å²) in [5, 5.41) is 11.8. The van der Waals surface area contributed by atoms with Crippen LogP contribution in [0.1, 0.15) is 36.0 Å². The number of cyclic esters (lactones) is 1. The highest BCUT2D eigenvalue weighted by Gasteiger charge is 2.29. The molecule has 4 rings (SSSR count). The summed E-state index contributed by atoms with van der Waals surface area (Å²) < 4.78 is 5.06. The third kappa shape index (κ3) is 4.57. The van der Waals surface area contributed by atoms with E-state index in [9.17, 15) is 14.4 Å². The number of fused-ring (bicyclic) bond motifs is 1. The van der Waals surface area contributed by atoms with Crippen molar-refractivity contribution in [3.8, 4) is 6.07 Å². The second kappa shape index (κ2) is 9.52. The van der Waals surface area contributed by atoms with E-state index in [0.29, 0.717) is 50.3 Å². The molecule has 0 saturated carbocycles. The molecule has 0 bridgehead atoms. The molecule has 8 heteroatoms. The Bertz CT molecular complexity index is 1090. The minimum atomic E-state index is -0.326. The Balaban J connectivity index is 1.30. The molecule has 2 aromatic rings. The lowest BCUT2D eigenvalue weighted by atomic mass is 9.96. The number of ether oxygens (including phenoxy) is 1. The molecule has 0 radical (unpaired) electrons. The zero-order valence-corrected chi connectivity index (χ0v) is 17.7. The fourth-order valence-corrected chi connectivity index (χ4v) is 4.13. The molecule has 1 fully saturated rings. The number of benzene rings is 2. The molecule has 2 aliphatic rings. The topological polar surface area (TPSA) is 103 Å². The van der Waals surface area contributed by atoms with Crippen molar-refractivity contribution in [1.82, 2.24) is 4.90 Å². The summed E-state index contributed by atoms with van der Waals surface area (Å²) in [5.41, 5.74) is 3.88. The summed E-state index contributed by atoms with van der Waals surface area (Å²) in [6.07, 6.45) is 1.26. The van der Waals surface area contributed by atoms with E-state index < -0.39 is 0 Å². The molecule has 0 aromatic heterocycles. The number of nitrogens with zero attached hydrogens (tertiary/aromatic N) is 3. The quantitative estimate of drug-likeness (QED) is 0.755. The average molecular weight is 432 g/mol. The predicted molar refractivity (Wildman–Crippen MR) is 118 cm³/mol. The van der Waals surface area contributed by atoms with Gasteiger partial charge in [0.1, 0.15) is 12.7 Å². The number of hydrogen-bond donors (Lipinski definition) is 1. The molecule has 32 heavy (non-hydrogen) atoms. The Hall–Kier alpha value is -3.86. The van der Waals surface area contributed by atoms with Gasteiger partial charge in [0.25, 0.3) is 0 Å². The number of rotatable bonds is 6. The van der Waals surface area contributed by atoms with Crippen molar-refractivity contribution in [2.24, 2.45) is 0 Å². The number of anilines is 2. The zero-order chi connectivity index (χ0) is 22.5. The molecule has 2 aromatic carbocycles. The monoisotopic (exact) mass is 432 g/mol. The van der Waals surface area contributed by atoms with Crippen LogP contribution in [0.5, 0.6) is 0 Å². The molecular formula is C24H24N4O4. The Morgan fingerprint density at radius 3 is 2.72 bits per heavy atom. The highest BCUT2D eigenvalue weighted by atomic mass is 16.6. The molecule has 0 spiro atoms. The largest absolute Gasteiger partial charge is 0.447 e. The number of hydrogen-bond acceptors (Lipinski definition) is 5. The van der Waals surface area contributed by atoms with Crippen molar-refractivity contribution < 1.29 is 19.1 Å². The molecule has 2 heterocycles. The van der Waals surface area contributed by atoms with E-state index in [1.807, 2.05) is 24.3 Å². The molecule has 2 aliphatic heterocycles. The van der Waals surface area contributed by atoms with Gasteiger partial charge < -0.3 is 15.0 Å². The first kappa shape index (κ1) is 21.4. The van der Waals surface area contributed by atoms with Gasteiger partial charge >= 0.3 is 6.09 Å². The maximum Gasteiger partial charge on any atom is 0.414 e. The van der Waals surface area contributed by atoms with Crippen LogP contribution in [0.2, 0.25) is 0 Å². The van der Waals surface area contributed by atoms with Gasteiger partial charge in [-0.15, -0.1) is 0 Å². The summed E-state index contributed by atoms with van der Waals surface area (Å²) in [4.78, 5) is 40.3. The number of nitrogens with one attached hydrogen (secondary N) is 1. The van der Waals surface area contributed by atoms with Crippen molar-refractivity contribution in [3.05, 3.63) is 59.2 Å². The van der Waals surface area contributed by atoms with Crippen LogP contribution in [-0.2, 0) is 27.3 Å². The average Bonchev–Trinajstić information content (AvgIpc) is 3.24. The predicted octanol–water partition coefficient (Wildman–Crippen LogP) is 3.21. The van der Waals surface area contributed by atoms with E-state index in [1.165, 1.54) is 0 Å². The van der Waals surface area contributed by atoms with Crippen LogP contribution in [0.25, 0.3) is 0 Å². The lowest BCUT2D eigenvalue weighted by molar-refractivity contribution is -0.132. The second-order valence-electron chi connectivity index (χ2n) is 7.81. The van der Waals surface area contributed by atoms with Crippen LogP contribution < -0.4 is 10.2 Å². The van der Waals surface area contributed by atoms with Gasteiger partial charge in [-0.3, -0.25) is 14.5 Å². The summed E-state index contributed by atoms with van der Waals surface area (Å²) in [7, 11) is 0. The Morgan fingerprint density at radius 2 is 1.94 bits per heavy atom. The first-order valence-electron chi connectivity index (χ1n) is 10.7. The molecule has 0 atom stereocenters. The maximum absolute atomic E-state index is 12.7. The highest BCUT2D eigenvalue weighted by molar-refractivity contribution is 5.92. The van der Waals surface area contributed by atoms with Crippen LogP contribution in [0, 0.1) is 11.3 Å². The Morgan fingerprint density at radius 1 is 1.09 bits per heavy atom. The van der Waals surface area contributed by atoms with Crippen LogP contribution in [0.15, 0.2) is 42.5 Å². The third-order valence-corrected chi connectivity index (χ3v) is 5.76. The minimum Gasteiger partial charge on any atom is -0.447 e. The van der Waals surface area contributed by atoms with Gasteiger partial charge in [-0.25, -0.2) is 4.79 Å². The van der Waals surface area contributed by atoms with Gasteiger partial charge in [0.15, 0.2) is 0 Å². The molecule has 1 saturated heterocycles. The van der Waals surface area contributed by atoms with Gasteiger partial charge in [0, 0.05) is 25.9 Å². The minimum absolute atomic E-state index is 0.00635. The molecule has 8 nitrogen and oxygen atoms in total. The normalized spacial score (nSPS) is 15.0. The molecule has 1 N–H and O–H groups in total. The Kier molecular flexibility index (Phi) is 6.36. The molecular weight excluding hydrogens is 408 g/mol. The van der Waals surface area contributed by atoms with Gasteiger partial charge in [-0.2, -0.15) is 5.26 Å². The van der Waals surface area contributed by atoms with E-state index >= 15 is 0 Å². The molecule has 3 amide bonds. The number of nitriles is 1. The van der Waals surface area contributed by atoms with E-state index in [1.54, 1.807) is 34.1 Å².